The minimum Gasteiger partial charge on any atom is -0.489 e. The van der Waals surface area contributed by atoms with Crippen LogP contribution in [0.2, 0.25) is 5.02 Å². The fourth-order valence-corrected chi connectivity index (χ4v) is 3.59. The van der Waals surface area contributed by atoms with Crippen LogP contribution in [0.1, 0.15) is 35.0 Å². The van der Waals surface area contributed by atoms with Gasteiger partial charge in [-0.3, -0.25) is 4.79 Å². The van der Waals surface area contributed by atoms with Gasteiger partial charge in [-0.25, -0.2) is 4.79 Å². The standard InChI is InChI=1S/C27H20ClF3O6/c1-2-12-34-26(33)17-6-8-19(9-7-17)36-24-23(32)21-11-10-20(14-22(21)37-25(24)27(29,30)31)35-15-16-4-3-5-18(28)13-16/h3-11,13-14H,2,12,15H2,1H3. The van der Waals surface area contributed by atoms with E-state index in [-0.39, 0.29) is 41.2 Å². The molecule has 192 valence electrons. The second kappa shape index (κ2) is 11.0. The van der Waals surface area contributed by atoms with Gasteiger partial charge in [0.1, 0.15) is 23.7 Å². The van der Waals surface area contributed by atoms with E-state index in [1.165, 1.54) is 42.5 Å². The monoisotopic (exact) mass is 532 g/mol. The molecule has 0 N–H and O–H groups in total. The predicted octanol–water partition coefficient (Wildman–Crippen LogP) is 7.40. The zero-order chi connectivity index (χ0) is 26.6. The first-order chi connectivity index (χ1) is 17.7. The molecule has 1 heterocycles. The van der Waals surface area contributed by atoms with Gasteiger partial charge in [0.2, 0.25) is 11.2 Å². The van der Waals surface area contributed by atoms with Crippen LogP contribution in [0.15, 0.2) is 75.9 Å². The summed E-state index contributed by atoms with van der Waals surface area (Å²) in [5.74, 6) is -3.09. The van der Waals surface area contributed by atoms with Gasteiger partial charge in [0.05, 0.1) is 17.6 Å². The summed E-state index contributed by atoms with van der Waals surface area (Å²) in [5.41, 5.74) is -0.394. The molecule has 0 aliphatic heterocycles. The molecule has 0 bridgehead atoms. The van der Waals surface area contributed by atoms with E-state index in [2.05, 4.69) is 0 Å². The highest BCUT2D eigenvalue weighted by Crippen LogP contribution is 2.38. The maximum Gasteiger partial charge on any atom is 0.453 e. The summed E-state index contributed by atoms with van der Waals surface area (Å²) in [7, 11) is 0. The van der Waals surface area contributed by atoms with Crippen molar-refractivity contribution in [1.29, 1.82) is 0 Å². The predicted molar refractivity (Wildman–Crippen MR) is 130 cm³/mol. The van der Waals surface area contributed by atoms with Gasteiger partial charge >= 0.3 is 12.1 Å². The molecule has 10 heteroatoms. The van der Waals surface area contributed by atoms with Crippen LogP contribution in [0.3, 0.4) is 0 Å². The third kappa shape index (κ3) is 6.24. The molecule has 37 heavy (non-hydrogen) atoms. The lowest BCUT2D eigenvalue weighted by atomic mass is 10.2. The number of ether oxygens (including phenoxy) is 3. The number of alkyl halides is 3. The Hall–Kier alpha value is -3.98. The lowest BCUT2D eigenvalue weighted by Gasteiger charge is -2.14. The van der Waals surface area contributed by atoms with Crippen molar-refractivity contribution in [2.75, 3.05) is 6.61 Å². The lowest BCUT2D eigenvalue weighted by Crippen LogP contribution is -2.15. The molecule has 0 radical (unpaired) electrons. The smallest absolute Gasteiger partial charge is 0.453 e. The van der Waals surface area contributed by atoms with Crippen molar-refractivity contribution in [3.63, 3.8) is 0 Å². The van der Waals surface area contributed by atoms with E-state index in [1.807, 2.05) is 6.92 Å². The average Bonchev–Trinajstić information content (AvgIpc) is 2.87. The van der Waals surface area contributed by atoms with Crippen molar-refractivity contribution >= 4 is 28.5 Å². The van der Waals surface area contributed by atoms with Crippen LogP contribution in [0.4, 0.5) is 13.2 Å². The molecular weight excluding hydrogens is 513 g/mol. The molecule has 0 saturated carbocycles. The molecule has 0 unspecified atom stereocenters. The SMILES string of the molecule is CCCOC(=O)c1ccc(Oc2c(C(F)(F)F)oc3cc(OCc4cccc(Cl)c4)ccc3c2=O)cc1. The Morgan fingerprint density at radius 1 is 1.00 bits per heavy atom. The molecule has 4 aromatic rings. The van der Waals surface area contributed by atoms with Gasteiger partial charge in [0.25, 0.3) is 5.76 Å². The van der Waals surface area contributed by atoms with Crippen molar-refractivity contribution < 1.29 is 36.6 Å². The zero-order valence-corrected chi connectivity index (χ0v) is 20.2. The molecule has 0 atom stereocenters. The van der Waals surface area contributed by atoms with Crippen LogP contribution in [-0.2, 0) is 17.5 Å². The highest BCUT2D eigenvalue weighted by Gasteiger charge is 2.40. The number of hydrogen-bond acceptors (Lipinski definition) is 6. The molecule has 0 aliphatic carbocycles. The minimum atomic E-state index is -5.02. The number of rotatable bonds is 8. The Morgan fingerprint density at radius 2 is 1.73 bits per heavy atom. The van der Waals surface area contributed by atoms with Crippen LogP contribution in [0.5, 0.6) is 17.2 Å². The third-order valence-electron chi connectivity index (χ3n) is 5.12. The molecule has 0 aliphatic rings. The van der Waals surface area contributed by atoms with Crippen LogP contribution >= 0.6 is 11.6 Å². The molecule has 6 nitrogen and oxygen atoms in total. The summed E-state index contributed by atoms with van der Waals surface area (Å²) in [4.78, 5) is 24.9. The van der Waals surface area contributed by atoms with E-state index < -0.39 is 29.1 Å². The van der Waals surface area contributed by atoms with Crippen molar-refractivity contribution in [2.24, 2.45) is 0 Å². The summed E-state index contributed by atoms with van der Waals surface area (Å²) in [6.07, 6.45) is -4.38. The average molecular weight is 533 g/mol. The van der Waals surface area contributed by atoms with E-state index in [0.717, 1.165) is 5.56 Å². The fraction of sp³-hybridized carbons (Fsp3) is 0.185. The second-order valence-electron chi connectivity index (χ2n) is 7.93. The Balaban J connectivity index is 1.64. The third-order valence-corrected chi connectivity index (χ3v) is 5.36. The normalized spacial score (nSPS) is 11.4. The fourth-order valence-electron chi connectivity index (χ4n) is 3.37. The summed E-state index contributed by atoms with van der Waals surface area (Å²) in [5, 5.41) is 0.386. The number of carbonyl (C=O) groups excluding carboxylic acids is 1. The number of hydrogen-bond donors (Lipinski definition) is 0. The van der Waals surface area contributed by atoms with Gasteiger partial charge in [0.15, 0.2) is 0 Å². The van der Waals surface area contributed by atoms with Crippen molar-refractivity contribution in [1.82, 2.24) is 0 Å². The van der Waals surface area contributed by atoms with Gasteiger partial charge in [-0.15, -0.1) is 0 Å². The summed E-state index contributed by atoms with van der Waals surface area (Å²) in [6.45, 7) is 2.18. The molecule has 0 amide bonds. The summed E-state index contributed by atoms with van der Waals surface area (Å²) in [6, 6.07) is 16.0. The van der Waals surface area contributed by atoms with Crippen molar-refractivity contribution in [3.05, 3.63) is 98.9 Å². The molecule has 0 fully saturated rings. The highest BCUT2D eigenvalue weighted by molar-refractivity contribution is 6.30. The molecule has 1 aromatic heterocycles. The minimum absolute atomic E-state index is 0.0920. The number of fused-ring (bicyclic) bond motifs is 1. The molecular formula is C27H20ClF3O6. The molecule has 0 spiro atoms. The number of halogens is 4. The first-order valence-electron chi connectivity index (χ1n) is 11.2. The van der Waals surface area contributed by atoms with Gasteiger partial charge in [-0.2, -0.15) is 13.2 Å². The second-order valence-corrected chi connectivity index (χ2v) is 8.36. The lowest BCUT2D eigenvalue weighted by molar-refractivity contribution is -0.154. The first kappa shape index (κ1) is 26.1. The zero-order valence-electron chi connectivity index (χ0n) is 19.4. The van der Waals surface area contributed by atoms with Gasteiger partial charge < -0.3 is 18.6 Å². The summed E-state index contributed by atoms with van der Waals surface area (Å²) >= 11 is 5.95. The number of benzene rings is 3. The van der Waals surface area contributed by atoms with Crippen LogP contribution in [-0.4, -0.2) is 12.6 Å². The topological polar surface area (TPSA) is 75.0 Å². The summed E-state index contributed by atoms with van der Waals surface area (Å²) < 4.78 is 62.6. The van der Waals surface area contributed by atoms with Crippen molar-refractivity contribution in [3.8, 4) is 17.2 Å². The van der Waals surface area contributed by atoms with Crippen LogP contribution in [0, 0.1) is 0 Å². The van der Waals surface area contributed by atoms with Crippen LogP contribution < -0.4 is 14.9 Å². The van der Waals surface area contributed by atoms with E-state index in [4.69, 9.17) is 30.2 Å². The number of esters is 1. The Kier molecular flexibility index (Phi) is 7.73. The Bertz CT molecular complexity index is 1480. The van der Waals surface area contributed by atoms with E-state index in [0.29, 0.717) is 11.4 Å². The van der Waals surface area contributed by atoms with E-state index >= 15 is 0 Å². The maximum absolute atomic E-state index is 13.8. The van der Waals surface area contributed by atoms with Crippen LogP contribution in [0.25, 0.3) is 11.0 Å². The number of carbonyl (C=O) groups is 1. The molecule has 0 saturated heterocycles. The Morgan fingerprint density at radius 3 is 2.41 bits per heavy atom. The first-order valence-corrected chi connectivity index (χ1v) is 11.5. The quantitative estimate of drug-likeness (QED) is 0.220. The highest BCUT2D eigenvalue weighted by atomic mass is 35.5. The Labute approximate surface area is 214 Å². The van der Waals surface area contributed by atoms with E-state index in [9.17, 15) is 22.8 Å². The molecule has 3 aromatic carbocycles. The maximum atomic E-state index is 13.8. The van der Waals surface area contributed by atoms with Gasteiger partial charge in [-0.05, 0) is 60.5 Å². The van der Waals surface area contributed by atoms with Crippen molar-refractivity contribution in [2.45, 2.75) is 26.1 Å². The van der Waals surface area contributed by atoms with Gasteiger partial charge in [-0.1, -0.05) is 30.7 Å². The van der Waals surface area contributed by atoms with E-state index in [1.54, 1.807) is 24.3 Å². The molecule has 4 rings (SSSR count). The largest absolute Gasteiger partial charge is 0.489 e. The van der Waals surface area contributed by atoms with Gasteiger partial charge in [0, 0.05) is 11.1 Å².